The average molecular weight is 236 g/mol. The van der Waals surface area contributed by atoms with Gasteiger partial charge in [0, 0.05) is 0 Å². The minimum absolute atomic E-state index is 1.07. The minimum atomic E-state index is 1.07. The molecule has 0 nitrogen and oxygen atoms in total. The van der Waals surface area contributed by atoms with Gasteiger partial charge in [-0.05, 0) is 17.8 Å². The summed E-state index contributed by atoms with van der Waals surface area (Å²) in [5.41, 5.74) is 0. The standard InChI is InChI=1S/C17H32/c1-2-15-11-13-17(14-12-15)10-6-9-16-7-4-3-5-8-16/h15-17H,2-14H2,1H3. The molecule has 2 saturated carbocycles. The van der Waals surface area contributed by atoms with Crippen LogP contribution >= 0.6 is 0 Å². The number of hydrogen-bond acceptors (Lipinski definition) is 0. The van der Waals surface area contributed by atoms with Gasteiger partial charge in [-0.3, -0.25) is 0 Å². The van der Waals surface area contributed by atoms with Crippen molar-refractivity contribution in [1.29, 1.82) is 0 Å². The van der Waals surface area contributed by atoms with Gasteiger partial charge in [0.1, 0.15) is 0 Å². The van der Waals surface area contributed by atoms with Crippen molar-refractivity contribution in [2.75, 3.05) is 0 Å². The molecule has 0 N–H and O–H groups in total. The summed E-state index contributed by atoms with van der Waals surface area (Å²) < 4.78 is 0. The Bertz CT molecular complexity index is 182. The molecule has 100 valence electrons. The summed E-state index contributed by atoms with van der Waals surface area (Å²) in [6, 6.07) is 0. The Balaban J connectivity index is 1.53. The third-order valence-corrected chi connectivity index (χ3v) is 5.49. The summed E-state index contributed by atoms with van der Waals surface area (Å²) in [6.45, 7) is 2.37. The van der Waals surface area contributed by atoms with E-state index in [-0.39, 0.29) is 0 Å². The molecule has 2 aliphatic rings. The molecule has 0 radical (unpaired) electrons. The van der Waals surface area contributed by atoms with E-state index in [9.17, 15) is 0 Å². The van der Waals surface area contributed by atoms with E-state index in [0.717, 1.165) is 17.8 Å². The Labute approximate surface area is 109 Å². The molecule has 0 spiro atoms. The molecule has 2 fully saturated rings. The first kappa shape index (κ1) is 13.4. The molecule has 0 bridgehead atoms. The van der Waals surface area contributed by atoms with Gasteiger partial charge >= 0.3 is 0 Å². The van der Waals surface area contributed by atoms with E-state index in [0.29, 0.717) is 0 Å². The third-order valence-electron chi connectivity index (χ3n) is 5.49. The highest BCUT2D eigenvalue weighted by Gasteiger charge is 2.20. The molecule has 2 rings (SSSR count). The van der Waals surface area contributed by atoms with Crippen LogP contribution in [0.3, 0.4) is 0 Å². The second kappa shape index (κ2) is 7.44. The molecular weight excluding hydrogens is 204 g/mol. The lowest BCUT2D eigenvalue weighted by Gasteiger charge is -2.28. The molecule has 17 heavy (non-hydrogen) atoms. The fourth-order valence-electron chi connectivity index (χ4n) is 4.10. The molecule has 0 amide bonds. The van der Waals surface area contributed by atoms with E-state index < -0.39 is 0 Å². The molecular formula is C17H32. The normalized spacial score (nSPS) is 31.6. The van der Waals surface area contributed by atoms with Crippen LogP contribution in [0.1, 0.15) is 90.4 Å². The van der Waals surface area contributed by atoms with Crippen LogP contribution in [-0.2, 0) is 0 Å². The van der Waals surface area contributed by atoms with Crippen LogP contribution < -0.4 is 0 Å². The van der Waals surface area contributed by atoms with Gasteiger partial charge < -0.3 is 0 Å². The van der Waals surface area contributed by atoms with Crippen LogP contribution in [0.4, 0.5) is 0 Å². The Morgan fingerprint density at radius 3 is 1.76 bits per heavy atom. The molecule has 0 aromatic carbocycles. The molecule has 0 heteroatoms. The SMILES string of the molecule is CCC1CCC(CCCC2CCCCC2)CC1. The van der Waals surface area contributed by atoms with Crippen molar-refractivity contribution in [2.24, 2.45) is 17.8 Å². The summed E-state index contributed by atoms with van der Waals surface area (Å²) in [5.74, 6) is 3.28. The van der Waals surface area contributed by atoms with Crippen molar-refractivity contribution in [2.45, 2.75) is 90.4 Å². The van der Waals surface area contributed by atoms with E-state index in [1.165, 1.54) is 44.9 Å². The maximum absolute atomic E-state index is 2.37. The summed E-state index contributed by atoms with van der Waals surface area (Å²) >= 11 is 0. The minimum Gasteiger partial charge on any atom is -0.0651 e. The van der Waals surface area contributed by atoms with Gasteiger partial charge in [0.05, 0.1) is 0 Å². The predicted molar refractivity (Wildman–Crippen MR) is 76.2 cm³/mol. The van der Waals surface area contributed by atoms with Crippen molar-refractivity contribution < 1.29 is 0 Å². The monoisotopic (exact) mass is 236 g/mol. The zero-order valence-electron chi connectivity index (χ0n) is 11.9. The average Bonchev–Trinajstić information content (AvgIpc) is 2.41. The zero-order chi connectivity index (χ0) is 11.9. The summed E-state index contributed by atoms with van der Waals surface area (Å²) in [7, 11) is 0. The fraction of sp³-hybridized carbons (Fsp3) is 1.00. The van der Waals surface area contributed by atoms with E-state index in [1.54, 1.807) is 38.5 Å². The number of hydrogen-bond donors (Lipinski definition) is 0. The lowest BCUT2D eigenvalue weighted by Crippen LogP contribution is -2.14. The second-order valence-corrected chi connectivity index (χ2v) is 6.73. The van der Waals surface area contributed by atoms with Crippen LogP contribution in [0.25, 0.3) is 0 Å². The summed E-state index contributed by atoms with van der Waals surface area (Å²) in [6.07, 6.45) is 19.9. The maximum atomic E-state index is 2.37. The highest BCUT2D eigenvalue weighted by atomic mass is 14.3. The molecule has 0 saturated heterocycles. The molecule has 0 heterocycles. The van der Waals surface area contributed by atoms with E-state index in [4.69, 9.17) is 0 Å². The zero-order valence-corrected chi connectivity index (χ0v) is 11.9. The molecule has 0 aromatic rings. The van der Waals surface area contributed by atoms with Crippen LogP contribution in [0, 0.1) is 17.8 Å². The van der Waals surface area contributed by atoms with Gasteiger partial charge in [0.2, 0.25) is 0 Å². The highest BCUT2D eigenvalue weighted by molar-refractivity contribution is 4.73. The molecule has 0 atom stereocenters. The van der Waals surface area contributed by atoms with Crippen LogP contribution in [0.5, 0.6) is 0 Å². The summed E-state index contributed by atoms with van der Waals surface area (Å²) in [5, 5.41) is 0. The maximum Gasteiger partial charge on any atom is -0.0414 e. The van der Waals surface area contributed by atoms with Gasteiger partial charge in [-0.25, -0.2) is 0 Å². The van der Waals surface area contributed by atoms with Gasteiger partial charge in [-0.2, -0.15) is 0 Å². The van der Waals surface area contributed by atoms with Gasteiger partial charge in [-0.15, -0.1) is 0 Å². The van der Waals surface area contributed by atoms with E-state index in [2.05, 4.69) is 6.92 Å². The summed E-state index contributed by atoms with van der Waals surface area (Å²) in [4.78, 5) is 0. The van der Waals surface area contributed by atoms with Crippen molar-refractivity contribution in [1.82, 2.24) is 0 Å². The lowest BCUT2D eigenvalue weighted by atomic mass is 9.78. The second-order valence-electron chi connectivity index (χ2n) is 6.73. The van der Waals surface area contributed by atoms with Crippen molar-refractivity contribution in [3.05, 3.63) is 0 Å². The van der Waals surface area contributed by atoms with Gasteiger partial charge in [0.15, 0.2) is 0 Å². The molecule has 0 aliphatic heterocycles. The van der Waals surface area contributed by atoms with E-state index >= 15 is 0 Å². The van der Waals surface area contributed by atoms with Crippen molar-refractivity contribution in [3.63, 3.8) is 0 Å². The molecule has 2 aliphatic carbocycles. The smallest absolute Gasteiger partial charge is 0.0414 e. The molecule has 0 unspecified atom stereocenters. The van der Waals surface area contributed by atoms with Gasteiger partial charge in [0.25, 0.3) is 0 Å². The Kier molecular flexibility index (Phi) is 5.88. The van der Waals surface area contributed by atoms with Crippen molar-refractivity contribution in [3.8, 4) is 0 Å². The largest absolute Gasteiger partial charge is 0.0651 e. The van der Waals surface area contributed by atoms with Crippen molar-refractivity contribution >= 4 is 0 Å². The lowest BCUT2D eigenvalue weighted by molar-refractivity contribution is 0.244. The Hall–Kier alpha value is 0. The topological polar surface area (TPSA) is 0 Å². The first-order chi connectivity index (χ1) is 8.38. The Morgan fingerprint density at radius 1 is 0.647 bits per heavy atom. The quantitative estimate of drug-likeness (QED) is 0.553. The fourth-order valence-corrected chi connectivity index (χ4v) is 4.10. The highest BCUT2D eigenvalue weighted by Crippen LogP contribution is 2.34. The first-order valence-electron chi connectivity index (χ1n) is 8.38. The van der Waals surface area contributed by atoms with Gasteiger partial charge in [-0.1, -0.05) is 90.4 Å². The van der Waals surface area contributed by atoms with E-state index in [1.807, 2.05) is 0 Å². The van der Waals surface area contributed by atoms with Crippen LogP contribution in [0.15, 0.2) is 0 Å². The van der Waals surface area contributed by atoms with Crippen LogP contribution in [0.2, 0.25) is 0 Å². The number of rotatable bonds is 5. The predicted octanol–water partition coefficient (Wildman–Crippen LogP) is 5.95. The molecule has 0 aromatic heterocycles. The third kappa shape index (κ3) is 4.64. The first-order valence-corrected chi connectivity index (χ1v) is 8.38. The Morgan fingerprint density at radius 2 is 1.18 bits per heavy atom. The van der Waals surface area contributed by atoms with Crippen LogP contribution in [-0.4, -0.2) is 0 Å².